The van der Waals surface area contributed by atoms with E-state index in [9.17, 15) is 19.6 Å². The van der Waals surface area contributed by atoms with Crippen LogP contribution in [0.2, 0.25) is 0 Å². The Bertz CT molecular complexity index is 1330. The van der Waals surface area contributed by atoms with E-state index in [-0.39, 0.29) is 11.8 Å². The molecule has 1 aliphatic rings. The summed E-state index contributed by atoms with van der Waals surface area (Å²) in [5.74, 6) is -0.181. The lowest BCUT2D eigenvalue weighted by molar-refractivity contribution is -0.00676. The SMILES string of the molecule is CCN(CC)C(=O)c1ccc(N/C(=N/C#N)N2CCC(C(O)(c3ccccc3)c3cccc(F)c3)CC2)cc1. The van der Waals surface area contributed by atoms with E-state index in [1.54, 1.807) is 41.3 Å². The van der Waals surface area contributed by atoms with Crippen LogP contribution in [0.1, 0.15) is 48.2 Å². The molecule has 1 amide bonds. The summed E-state index contributed by atoms with van der Waals surface area (Å²) in [5, 5.41) is 24.7. The number of nitrogens with zero attached hydrogens (tertiary/aromatic N) is 4. The molecule has 1 aliphatic heterocycles. The number of benzene rings is 3. The Morgan fingerprint density at radius 2 is 1.69 bits per heavy atom. The smallest absolute Gasteiger partial charge is 0.253 e. The highest BCUT2D eigenvalue weighted by molar-refractivity contribution is 5.97. The molecule has 1 unspecified atom stereocenters. The minimum atomic E-state index is -1.36. The number of aliphatic imine (C=N–C) groups is 1. The van der Waals surface area contributed by atoms with Gasteiger partial charge in [-0.2, -0.15) is 5.26 Å². The number of carbonyl (C=O) groups excluding carboxylic acids is 1. The number of nitrogens with one attached hydrogen (secondary N) is 1. The van der Waals surface area contributed by atoms with Gasteiger partial charge in [-0.25, -0.2) is 4.39 Å². The van der Waals surface area contributed by atoms with Gasteiger partial charge >= 0.3 is 0 Å². The van der Waals surface area contributed by atoms with Gasteiger partial charge < -0.3 is 20.2 Å². The number of aliphatic hydroxyl groups is 1. The molecule has 1 heterocycles. The van der Waals surface area contributed by atoms with Crippen molar-refractivity contribution in [3.8, 4) is 6.19 Å². The molecule has 0 aliphatic carbocycles. The van der Waals surface area contributed by atoms with Crippen molar-refractivity contribution in [2.24, 2.45) is 10.9 Å². The highest BCUT2D eigenvalue weighted by Crippen LogP contribution is 2.42. The topological polar surface area (TPSA) is 92.0 Å². The van der Waals surface area contributed by atoms with E-state index >= 15 is 0 Å². The third-order valence-electron chi connectivity index (χ3n) is 7.46. The molecule has 39 heavy (non-hydrogen) atoms. The standard InChI is InChI=1S/C31H34FN5O2/c1-3-36(4-2)29(38)23-13-15-28(16-14-23)35-30(34-22-33)37-19-17-25(18-20-37)31(39,24-9-6-5-7-10-24)26-11-8-12-27(32)21-26/h5-16,21,25,39H,3-4,17-20H2,1-2H3,(H,34,35). The van der Waals surface area contributed by atoms with Crippen LogP contribution in [-0.4, -0.2) is 53.0 Å². The summed E-state index contributed by atoms with van der Waals surface area (Å²) in [6.45, 7) is 6.27. The number of amides is 1. The average Bonchev–Trinajstić information content (AvgIpc) is 2.98. The van der Waals surface area contributed by atoms with Crippen molar-refractivity contribution in [3.63, 3.8) is 0 Å². The van der Waals surface area contributed by atoms with E-state index in [4.69, 9.17) is 0 Å². The number of anilines is 1. The second-order valence-electron chi connectivity index (χ2n) is 9.62. The van der Waals surface area contributed by atoms with Crippen LogP contribution in [-0.2, 0) is 5.60 Å². The highest BCUT2D eigenvalue weighted by Gasteiger charge is 2.42. The van der Waals surface area contributed by atoms with Crippen molar-refractivity contribution < 1.29 is 14.3 Å². The number of nitriles is 1. The van der Waals surface area contributed by atoms with Gasteiger partial charge in [0.05, 0.1) is 0 Å². The lowest BCUT2D eigenvalue weighted by Gasteiger charge is -2.43. The number of carbonyl (C=O) groups is 1. The molecule has 0 spiro atoms. The molecule has 4 rings (SSSR count). The van der Waals surface area contributed by atoms with E-state index in [0.29, 0.717) is 61.8 Å². The molecule has 8 heteroatoms. The Hall–Kier alpha value is -4.22. The van der Waals surface area contributed by atoms with Gasteiger partial charge in [0.15, 0.2) is 0 Å². The van der Waals surface area contributed by atoms with Gasteiger partial charge in [0.2, 0.25) is 12.2 Å². The first-order valence-electron chi connectivity index (χ1n) is 13.3. The molecule has 3 aromatic carbocycles. The van der Waals surface area contributed by atoms with Gasteiger partial charge in [-0.3, -0.25) is 4.79 Å². The van der Waals surface area contributed by atoms with Crippen LogP contribution in [0.25, 0.3) is 0 Å². The van der Waals surface area contributed by atoms with Crippen LogP contribution in [0.15, 0.2) is 83.9 Å². The molecule has 0 bridgehead atoms. The third kappa shape index (κ3) is 6.10. The minimum Gasteiger partial charge on any atom is -0.380 e. The molecule has 2 N–H and O–H groups in total. The average molecular weight is 528 g/mol. The van der Waals surface area contributed by atoms with Gasteiger partial charge in [-0.1, -0.05) is 42.5 Å². The Morgan fingerprint density at radius 1 is 1.05 bits per heavy atom. The first kappa shape index (κ1) is 27.8. The third-order valence-corrected chi connectivity index (χ3v) is 7.46. The summed E-state index contributed by atoms with van der Waals surface area (Å²) in [4.78, 5) is 20.4. The normalized spacial score (nSPS) is 15.8. The fraction of sp³-hybridized carbons (Fsp3) is 0.323. The maximum atomic E-state index is 14.2. The number of piperidine rings is 1. The van der Waals surface area contributed by atoms with Gasteiger partial charge in [0, 0.05) is 37.4 Å². The maximum Gasteiger partial charge on any atom is 0.253 e. The number of hydrogen-bond donors (Lipinski definition) is 2. The van der Waals surface area contributed by atoms with Gasteiger partial charge in [0.25, 0.3) is 5.91 Å². The fourth-order valence-electron chi connectivity index (χ4n) is 5.31. The van der Waals surface area contributed by atoms with Crippen molar-refractivity contribution in [1.82, 2.24) is 9.80 Å². The predicted octanol–water partition coefficient (Wildman–Crippen LogP) is 5.20. The van der Waals surface area contributed by atoms with Crippen LogP contribution in [0.5, 0.6) is 0 Å². The minimum absolute atomic E-state index is 0.0243. The molecular formula is C31H34FN5O2. The van der Waals surface area contributed by atoms with Crippen LogP contribution < -0.4 is 5.32 Å². The highest BCUT2D eigenvalue weighted by atomic mass is 19.1. The largest absolute Gasteiger partial charge is 0.380 e. The van der Waals surface area contributed by atoms with E-state index in [2.05, 4.69) is 10.3 Å². The number of rotatable bonds is 7. The van der Waals surface area contributed by atoms with E-state index in [1.165, 1.54) is 12.1 Å². The maximum absolute atomic E-state index is 14.2. The molecule has 1 saturated heterocycles. The lowest BCUT2D eigenvalue weighted by Crippen LogP contribution is -2.47. The molecule has 202 valence electrons. The van der Waals surface area contributed by atoms with Gasteiger partial charge in [0.1, 0.15) is 11.4 Å². The number of guanidine groups is 1. The monoisotopic (exact) mass is 527 g/mol. The summed E-state index contributed by atoms with van der Waals surface area (Å²) in [6, 6.07) is 22.7. The van der Waals surface area contributed by atoms with Crippen molar-refractivity contribution in [2.75, 3.05) is 31.5 Å². The predicted molar refractivity (Wildman–Crippen MR) is 151 cm³/mol. The summed E-state index contributed by atoms with van der Waals surface area (Å²) < 4.78 is 14.2. The summed E-state index contributed by atoms with van der Waals surface area (Å²) in [7, 11) is 0. The Kier molecular flexibility index (Phi) is 8.95. The van der Waals surface area contributed by atoms with Crippen LogP contribution in [0.3, 0.4) is 0 Å². The molecule has 0 saturated carbocycles. The fourth-order valence-corrected chi connectivity index (χ4v) is 5.31. The zero-order valence-electron chi connectivity index (χ0n) is 22.3. The quantitative estimate of drug-likeness (QED) is 0.250. The number of likely N-dealkylation sites (tertiary alicyclic amines) is 1. The van der Waals surface area contributed by atoms with E-state index in [0.717, 1.165) is 5.56 Å². The molecular weight excluding hydrogens is 493 g/mol. The second kappa shape index (κ2) is 12.5. The lowest BCUT2D eigenvalue weighted by atomic mass is 9.72. The molecule has 7 nitrogen and oxygen atoms in total. The van der Waals surface area contributed by atoms with Crippen LogP contribution in [0.4, 0.5) is 10.1 Å². The second-order valence-corrected chi connectivity index (χ2v) is 9.62. The van der Waals surface area contributed by atoms with Crippen molar-refractivity contribution in [3.05, 3.63) is 101 Å². The molecule has 0 aromatic heterocycles. The Labute approximate surface area is 229 Å². The van der Waals surface area contributed by atoms with Crippen LogP contribution in [0, 0.1) is 23.2 Å². The Balaban J connectivity index is 1.50. The zero-order valence-corrected chi connectivity index (χ0v) is 22.3. The summed E-state index contributed by atoms with van der Waals surface area (Å²) in [5.41, 5.74) is 1.19. The Morgan fingerprint density at radius 3 is 2.28 bits per heavy atom. The van der Waals surface area contributed by atoms with Gasteiger partial charge in [-0.05, 0) is 80.1 Å². The first-order valence-corrected chi connectivity index (χ1v) is 13.3. The number of halogens is 1. The number of hydrogen-bond acceptors (Lipinski definition) is 4. The van der Waals surface area contributed by atoms with Crippen LogP contribution >= 0.6 is 0 Å². The molecule has 1 atom stereocenters. The first-order chi connectivity index (χ1) is 18.9. The van der Waals surface area contributed by atoms with Gasteiger partial charge in [-0.15, -0.1) is 4.99 Å². The summed E-state index contributed by atoms with van der Waals surface area (Å²) >= 11 is 0. The molecule has 0 radical (unpaired) electrons. The van der Waals surface area contributed by atoms with Crippen molar-refractivity contribution in [1.29, 1.82) is 5.26 Å². The van der Waals surface area contributed by atoms with Crippen molar-refractivity contribution >= 4 is 17.6 Å². The summed E-state index contributed by atoms with van der Waals surface area (Å²) in [6.07, 6.45) is 3.08. The van der Waals surface area contributed by atoms with E-state index in [1.807, 2.05) is 55.3 Å². The molecule has 1 fully saturated rings. The van der Waals surface area contributed by atoms with E-state index < -0.39 is 11.4 Å². The molecule has 3 aromatic rings. The zero-order chi connectivity index (χ0) is 27.8. The van der Waals surface area contributed by atoms with Crippen molar-refractivity contribution in [2.45, 2.75) is 32.3 Å².